The Morgan fingerprint density at radius 1 is 1.17 bits per heavy atom. The third-order valence-electron chi connectivity index (χ3n) is 3.87. The summed E-state index contributed by atoms with van der Waals surface area (Å²) in [4.78, 5) is 22.2. The molecule has 0 spiro atoms. The fraction of sp³-hybridized carbons (Fsp3) is 0. The first kappa shape index (κ1) is 20.5. The van der Waals surface area contributed by atoms with Gasteiger partial charge in [-0.15, -0.1) is 0 Å². The van der Waals surface area contributed by atoms with E-state index in [0.717, 1.165) is 6.07 Å². The smallest absolute Gasteiger partial charge is 0.271 e. The SMILES string of the molecule is N#Cc1cc([N+](=O)[O-])ccc1Oc1ccc(/C=N\NC(=O)c2cccc(Cl)c2)cc1. The number of hydrogen-bond acceptors (Lipinski definition) is 6. The number of non-ortho nitro benzene ring substituents is 1. The summed E-state index contributed by atoms with van der Waals surface area (Å²) in [5.74, 6) is 0.245. The third-order valence-corrected chi connectivity index (χ3v) is 4.10. The lowest BCUT2D eigenvalue weighted by molar-refractivity contribution is -0.384. The van der Waals surface area contributed by atoms with Crippen LogP contribution in [0.5, 0.6) is 11.5 Å². The Balaban J connectivity index is 1.64. The highest BCUT2D eigenvalue weighted by atomic mass is 35.5. The summed E-state index contributed by atoms with van der Waals surface area (Å²) in [6.07, 6.45) is 1.46. The minimum Gasteiger partial charge on any atom is -0.456 e. The average molecular weight is 421 g/mol. The number of nitrogens with one attached hydrogen (secondary N) is 1. The Kier molecular flexibility index (Phi) is 6.37. The molecule has 0 unspecified atom stereocenters. The number of carbonyl (C=O) groups excluding carboxylic acids is 1. The lowest BCUT2D eigenvalue weighted by atomic mass is 10.2. The third kappa shape index (κ3) is 5.19. The van der Waals surface area contributed by atoms with Crippen LogP contribution in [0.2, 0.25) is 5.02 Å². The van der Waals surface area contributed by atoms with Crippen molar-refractivity contribution in [2.75, 3.05) is 0 Å². The van der Waals surface area contributed by atoms with E-state index in [9.17, 15) is 20.2 Å². The van der Waals surface area contributed by atoms with Gasteiger partial charge in [-0.25, -0.2) is 5.43 Å². The summed E-state index contributed by atoms with van der Waals surface area (Å²) >= 11 is 5.85. The molecule has 1 N–H and O–H groups in total. The van der Waals surface area contributed by atoms with Crippen LogP contribution in [0.4, 0.5) is 5.69 Å². The second kappa shape index (κ2) is 9.32. The van der Waals surface area contributed by atoms with Crippen molar-refractivity contribution in [3.8, 4) is 17.6 Å². The van der Waals surface area contributed by atoms with Crippen molar-refractivity contribution in [2.45, 2.75) is 0 Å². The molecule has 0 heterocycles. The zero-order valence-corrected chi connectivity index (χ0v) is 16.0. The Hall–Kier alpha value is -4.22. The van der Waals surface area contributed by atoms with Crippen LogP contribution in [0.3, 0.4) is 0 Å². The lowest BCUT2D eigenvalue weighted by Crippen LogP contribution is -2.17. The maximum Gasteiger partial charge on any atom is 0.271 e. The number of ether oxygens (including phenoxy) is 1. The number of carbonyl (C=O) groups is 1. The molecule has 30 heavy (non-hydrogen) atoms. The maximum absolute atomic E-state index is 12.0. The van der Waals surface area contributed by atoms with Gasteiger partial charge in [-0.05, 0) is 54.1 Å². The molecule has 1 amide bonds. The van der Waals surface area contributed by atoms with E-state index in [1.165, 1.54) is 24.4 Å². The molecule has 0 aliphatic carbocycles. The minimum atomic E-state index is -0.579. The molecule has 3 aromatic rings. The van der Waals surface area contributed by atoms with E-state index in [1.54, 1.807) is 42.5 Å². The Labute approximate surface area is 176 Å². The van der Waals surface area contributed by atoms with E-state index >= 15 is 0 Å². The molecule has 0 aromatic heterocycles. The summed E-state index contributed by atoms with van der Waals surface area (Å²) in [6, 6.07) is 18.8. The molecule has 3 rings (SSSR count). The van der Waals surface area contributed by atoms with Gasteiger partial charge in [0.1, 0.15) is 23.1 Å². The highest BCUT2D eigenvalue weighted by molar-refractivity contribution is 6.30. The van der Waals surface area contributed by atoms with Crippen LogP contribution in [0, 0.1) is 21.4 Å². The summed E-state index contributed by atoms with van der Waals surface area (Å²) in [5, 5.41) is 24.3. The van der Waals surface area contributed by atoms with Crippen LogP contribution in [-0.4, -0.2) is 17.0 Å². The molecule has 0 atom stereocenters. The van der Waals surface area contributed by atoms with Crippen LogP contribution in [0.1, 0.15) is 21.5 Å². The summed E-state index contributed by atoms with van der Waals surface area (Å²) in [7, 11) is 0. The van der Waals surface area contributed by atoms with Gasteiger partial charge >= 0.3 is 0 Å². The van der Waals surface area contributed by atoms with Crippen molar-refractivity contribution in [1.82, 2.24) is 5.43 Å². The van der Waals surface area contributed by atoms with E-state index < -0.39 is 10.8 Å². The van der Waals surface area contributed by atoms with E-state index in [1.807, 2.05) is 6.07 Å². The molecule has 0 radical (unpaired) electrons. The van der Waals surface area contributed by atoms with Gasteiger partial charge in [-0.3, -0.25) is 14.9 Å². The van der Waals surface area contributed by atoms with Crippen molar-refractivity contribution in [2.24, 2.45) is 5.10 Å². The van der Waals surface area contributed by atoms with Crippen molar-refractivity contribution >= 4 is 29.4 Å². The summed E-state index contributed by atoms with van der Waals surface area (Å²) in [5.41, 5.74) is 3.35. The van der Waals surface area contributed by atoms with Crippen LogP contribution in [0.15, 0.2) is 71.8 Å². The first-order valence-electron chi connectivity index (χ1n) is 8.51. The number of nitro groups is 1. The molecule has 0 saturated heterocycles. The van der Waals surface area contributed by atoms with Gasteiger partial charge < -0.3 is 4.74 Å². The van der Waals surface area contributed by atoms with Crippen molar-refractivity contribution < 1.29 is 14.5 Å². The van der Waals surface area contributed by atoms with E-state index in [0.29, 0.717) is 21.9 Å². The number of rotatable bonds is 6. The van der Waals surface area contributed by atoms with Gasteiger partial charge in [0.2, 0.25) is 0 Å². The molecule has 0 aliphatic heterocycles. The molecular weight excluding hydrogens is 408 g/mol. The normalized spacial score (nSPS) is 10.4. The highest BCUT2D eigenvalue weighted by Gasteiger charge is 2.12. The molecule has 8 nitrogen and oxygen atoms in total. The second-order valence-corrected chi connectivity index (χ2v) is 6.37. The molecule has 0 fully saturated rings. The predicted molar refractivity (Wildman–Crippen MR) is 111 cm³/mol. The van der Waals surface area contributed by atoms with Crippen molar-refractivity contribution in [3.63, 3.8) is 0 Å². The minimum absolute atomic E-state index is 0.0542. The molecule has 148 valence electrons. The largest absolute Gasteiger partial charge is 0.456 e. The predicted octanol–water partition coefficient (Wildman–Crippen LogP) is 4.68. The number of nitriles is 1. The number of hydrogen-bond donors (Lipinski definition) is 1. The van der Waals surface area contributed by atoms with E-state index in [-0.39, 0.29) is 17.0 Å². The Morgan fingerprint density at radius 2 is 1.93 bits per heavy atom. The van der Waals surface area contributed by atoms with Crippen LogP contribution in [0.25, 0.3) is 0 Å². The topological polar surface area (TPSA) is 118 Å². The molecule has 0 aliphatic rings. The summed E-state index contributed by atoms with van der Waals surface area (Å²) in [6.45, 7) is 0. The van der Waals surface area contributed by atoms with Gasteiger partial charge in [-0.1, -0.05) is 17.7 Å². The monoisotopic (exact) mass is 420 g/mol. The van der Waals surface area contributed by atoms with Crippen molar-refractivity contribution in [1.29, 1.82) is 5.26 Å². The molecule has 9 heteroatoms. The zero-order chi connectivity index (χ0) is 21.5. The van der Waals surface area contributed by atoms with Gasteiger partial charge in [0.05, 0.1) is 11.1 Å². The second-order valence-electron chi connectivity index (χ2n) is 5.93. The number of nitro benzene ring substituents is 1. The number of benzene rings is 3. The zero-order valence-electron chi connectivity index (χ0n) is 15.3. The van der Waals surface area contributed by atoms with Crippen LogP contribution in [-0.2, 0) is 0 Å². The lowest BCUT2D eigenvalue weighted by Gasteiger charge is -2.07. The van der Waals surface area contributed by atoms with Gasteiger partial charge in [0, 0.05) is 22.7 Å². The van der Waals surface area contributed by atoms with Crippen LogP contribution >= 0.6 is 11.6 Å². The first-order valence-corrected chi connectivity index (χ1v) is 8.89. The maximum atomic E-state index is 12.0. The van der Waals surface area contributed by atoms with E-state index in [2.05, 4.69) is 10.5 Å². The average Bonchev–Trinajstić information content (AvgIpc) is 2.75. The highest BCUT2D eigenvalue weighted by Crippen LogP contribution is 2.28. The van der Waals surface area contributed by atoms with Crippen molar-refractivity contribution in [3.05, 3.63) is 98.6 Å². The Bertz CT molecular complexity index is 1170. The summed E-state index contributed by atoms with van der Waals surface area (Å²) < 4.78 is 5.63. The number of amides is 1. The first-order chi connectivity index (χ1) is 14.5. The fourth-order valence-electron chi connectivity index (χ4n) is 2.42. The molecule has 3 aromatic carbocycles. The number of halogens is 1. The number of nitrogens with zero attached hydrogens (tertiary/aromatic N) is 3. The van der Waals surface area contributed by atoms with Gasteiger partial charge in [0.25, 0.3) is 11.6 Å². The molecular formula is C21H13ClN4O4. The van der Waals surface area contributed by atoms with E-state index in [4.69, 9.17) is 16.3 Å². The van der Waals surface area contributed by atoms with Gasteiger partial charge in [-0.2, -0.15) is 10.4 Å². The Morgan fingerprint density at radius 3 is 2.60 bits per heavy atom. The van der Waals surface area contributed by atoms with Crippen LogP contribution < -0.4 is 10.2 Å². The number of hydrazone groups is 1. The molecule has 0 bridgehead atoms. The molecule has 0 saturated carbocycles. The quantitative estimate of drug-likeness (QED) is 0.353. The fourth-order valence-corrected chi connectivity index (χ4v) is 2.61. The standard InChI is InChI=1S/C21H13ClN4O4/c22-17-3-1-2-15(10-17)21(27)25-24-13-14-4-7-19(8-5-14)30-20-9-6-18(26(28)29)11-16(20)12-23/h1-11,13H,(H,25,27)/b24-13-. The van der Waals surface area contributed by atoms with Gasteiger partial charge in [0.15, 0.2) is 0 Å².